The van der Waals surface area contributed by atoms with E-state index in [0.717, 1.165) is 29.9 Å². The summed E-state index contributed by atoms with van der Waals surface area (Å²) < 4.78 is 1.14. The molecule has 0 amide bonds. The minimum absolute atomic E-state index is 0.739. The first-order valence-corrected chi connectivity index (χ1v) is 6.04. The van der Waals surface area contributed by atoms with E-state index in [4.69, 9.17) is 11.6 Å². The van der Waals surface area contributed by atoms with Crippen LogP contribution in [0.2, 0.25) is 0 Å². The molecule has 0 aliphatic rings. The second-order valence-electron chi connectivity index (χ2n) is 3.41. The molecule has 0 unspecified atom stereocenters. The van der Waals surface area contributed by atoms with E-state index < -0.39 is 0 Å². The van der Waals surface area contributed by atoms with E-state index >= 15 is 0 Å². The molecule has 0 fully saturated rings. The second kappa shape index (κ2) is 6.44. The fourth-order valence-corrected chi connectivity index (χ4v) is 1.92. The van der Waals surface area contributed by atoms with Crippen LogP contribution in [0.4, 0.5) is 0 Å². The van der Waals surface area contributed by atoms with E-state index in [-0.39, 0.29) is 0 Å². The van der Waals surface area contributed by atoms with Crippen molar-refractivity contribution in [3.63, 3.8) is 0 Å². The average molecular weight is 277 g/mol. The zero-order chi connectivity index (χ0) is 10.4. The molecule has 3 heteroatoms. The summed E-state index contributed by atoms with van der Waals surface area (Å²) >= 11 is 9.10. The van der Waals surface area contributed by atoms with Gasteiger partial charge in [-0.05, 0) is 37.7 Å². The van der Waals surface area contributed by atoms with Gasteiger partial charge in [0.25, 0.3) is 0 Å². The Balaban J connectivity index is 2.43. The SMILES string of the molecule is CN(CCCCl)Cc1cccc(Br)c1. The highest BCUT2D eigenvalue weighted by atomic mass is 79.9. The molecule has 1 aromatic carbocycles. The smallest absolute Gasteiger partial charge is 0.0235 e. The first-order valence-electron chi connectivity index (χ1n) is 4.71. The Bertz CT molecular complexity index is 278. The highest BCUT2D eigenvalue weighted by Crippen LogP contribution is 2.12. The lowest BCUT2D eigenvalue weighted by atomic mass is 10.2. The lowest BCUT2D eigenvalue weighted by molar-refractivity contribution is 0.328. The fourth-order valence-electron chi connectivity index (χ4n) is 1.36. The zero-order valence-corrected chi connectivity index (χ0v) is 10.7. The van der Waals surface area contributed by atoms with Crippen molar-refractivity contribution in [2.75, 3.05) is 19.5 Å². The molecule has 0 radical (unpaired) electrons. The van der Waals surface area contributed by atoms with Crippen molar-refractivity contribution >= 4 is 27.5 Å². The van der Waals surface area contributed by atoms with E-state index in [0.29, 0.717) is 0 Å². The normalized spacial score (nSPS) is 10.9. The first kappa shape index (κ1) is 12.0. The first-order chi connectivity index (χ1) is 6.72. The Kier molecular flexibility index (Phi) is 5.53. The van der Waals surface area contributed by atoms with Crippen molar-refractivity contribution in [3.8, 4) is 0 Å². The molecule has 78 valence electrons. The van der Waals surface area contributed by atoms with Gasteiger partial charge < -0.3 is 4.90 Å². The number of halogens is 2. The maximum absolute atomic E-state index is 5.64. The van der Waals surface area contributed by atoms with Crippen molar-refractivity contribution < 1.29 is 0 Å². The number of alkyl halides is 1. The maximum atomic E-state index is 5.64. The van der Waals surface area contributed by atoms with E-state index in [9.17, 15) is 0 Å². The fraction of sp³-hybridized carbons (Fsp3) is 0.455. The largest absolute Gasteiger partial charge is 0.302 e. The van der Waals surface area contributed by atoms with Crippen molar-refractivity contribution in [2.24, 2.45) is 0 Å². The van der Waals surface area contributed by atoms with Gasteiger partial charge in [0.1, 0.15) is 0 Å². The summed E-state index contributed by atoms with van der Waals surface area (Å²) in [6.07, 6.45) is 1.05. The van der Waals surface area contributed by atoms with Gasteiger partial charge in [0.05, 0.1) is 0 Å². The molecular formula is C11H15BrClN. The summed E-state index contributed by atoms with van der Waals surface area (Å²) in [7, 11) is 2.12. The van der Waals surface area contributed by atoms with E-state index in [1.54, 1.807) is 0 Å². The summed E-state index contributed by atoms with van der Waals surface area (Å²) in [4.78, 5) is 2.28. The molecule has 0 spiro atoms. The van der Waals surface area contributed by atoms with Crippen LogP contribution in [0.15, 0.2) is 28.7 Å². The topological polar surface area (TPSA) is 3.24 Å². The van der Waals surface area contributed by atoms with Crippen LogP contribution in [0.3, 0.4) is 0 Å². The standard InChI is InChI=1S/C11H15BrClN/c1-14(7-3-6-13)9-10-4-2-5-11(12)8-10/h2,4-5,8H,3,6-7,9H2,1H3. The molecule has 0 bridgehead atoms. The predicted octanol–water partition coefficient (Wildman–Crippen LogP) is 3.51. The summed E-state index contributed by atoms with van der Waals surface area (Å²) in [6.45, 7) is 2.03. The van der Waals surface area contributed by atoms with Crippen LogP contribution >= 0.6 is 27.5 Å². The number of nitrogens with zero attached hydrogens (tertiary/aromatic N) is 1. The highest BCUT2D eigenvalue weighted by Gasteiger charge is 1.99. The van der Waals surface area contributed by atoms with Crippen molar-refractivity contribution in [1.29, 1.82) is 0 Å². The number of rotatable bonds is 5. The lowest BCUT2D eigenvalue weighted by Gasteiger charge is -2.15. The Labute approximate surface area is 99.2 Å². The minimum Gasteiger partial charge on any atom is -0.302 e. The third kappa shape index (κ3) is 4.45. The Morgan fingerprint density at radius 1 is 1.43 bits per heavy atom. The van der Waals surface area contributed by atoms with Gasteiger partial charge in [-0.25, -0.2) is 0 Å². The van der Waals surface area contributed by atoms with Crippen LogP contribution < -0.4 is 0 Å². The van der Waals surface area contributed by atoms with Crippen LogP contribution in [-0.2, 0) is 6.54 Å². The monoisotopic (exact) mass is 275 g/mol. The molecule has 1 rings (SSSR count). The van der Waals surface area contributed by atoms with Gasteiger partial charge in [-0.2, -0.15) is 0 Å². The van der Waals surface area contributed by atoms with Gasteiger partial charge in [-0.15, -0.1) is 11.6 Å². The number of hydrogen-bond acceptors (Lipinski definition) is 1. The molecule has 0 saturated carbocycles. The lowest BCUT2D eigenvalue weighted by Crippen LogP contribution is -2.19. The highest BCUT2D eigenvalue weighted by molar-refractivity contribution is 9.10. The average Bonchev–Trinajstić information content (AvgIpc) is 2.15. The van der Waals surface area contributed by atoms with Crippen molar-refractivity contribution in [2.45, 2.75) is 13.0 Å². The van der Waals surface area contributed by atoms with E-state index in [1.165, 1.54) is 5.56 Å². The van der Waals surface area contributed by atoms with Gasteiger partial charge in [0, 0.05) is 16.9 Å². The van der Waals surface area contributed by atoms with Crippen LogP contribution in [0.25, 0.3) is 0 Å². The molecule has 0 saturated heterocycles. The van der Waals surface area contributed by atoms with Gasteiger partial charge in [-0.1, -0.05) is 28.1 Å². The van der Waals surface area contributed by atoms with Crippen LogP contribution in [0.5, 0.6) is 0 Å². The summed E-state index contributed by atoms with van der Waals surface area (Å²) in [6, 6.07) is 8.40. The van der Waals surface area contributed by atoms with Gasteiger partial charge in [-0.3, -0.25) is 0 Å². The van der Waals surface area contributed by atoms with E-state index in [1.807, 2.05) is 6.07 Å². The zero-order valence-electron chi connectivity index (χ0n) is 8.34. The Morgan fingerprint density at radius 3 is 2.86 bits per heavy atom. The van der Waals surface area contributed by atoms with Gasteiger partial charge in [0.15, 0.2) is 0 Å². The summed E-state index contributed by atoms with van der Waals surface area (Å²) in [5.74, 6) is 0.739. The predicted molar refractivity (Wildman–Crippen MR) is 65.8 cm³/mol. The molecule has 14 heavy (non-hydrogen) atoms. The van der Waals surface area contributed by atoms with Crippen LogP contribution in [0.1, 0.15) is 12.0 Å². The summed E-state index contributed by atoms with van der Waals surface area (Å²) in [5.41, 5.74) is 1.33. The Morgan fingerprint density at radius 2 is 2.21 bits per heavy atom. The number of hydrogen-bond donors (Lipinski definition) is 0. The summed E-state index contributed by atoms with van der Waals surface area (Å²) in [5, 5.41) is 0. The van der Waals surface area contributed by atoms with Crippen molar-refractivity contribution in [1.82, 2.24) is 4.90 Å². The van der Waals surface area contributed by atoms with Crippen LogP contribution in [-0.4, -0.2) is 24.4 Å². The third-order valence-electron chi connectivity index (χ3n) is 2.01. The second-order valence-corrected chi connectivity index (χ2v) is 4.70. The van der Waals surface area contributed by atoms with Gasteiger partial charge >= 0.3 is 0 Å². The molecule has 0 N–H and O–H groups in total. The van der Waals surface area contributed by atoms with Crippen LogP contribution in [0, 0.1) is 0 Å². The molecule has 0 aliphatic carbocycles. The molecule has 1 nitrogen and oxygen atoms in total. The number of benzene rings is 1. The molecular weight excluding hydrogens is 261 g/mol. The molecule has 0 aromatic heterocycles. The van der Waals surface area contributed by atoms with Gasteiger partial charge in [0.2, 0.25) is 0 Å². The Hall–Kier alpha value is -0.0500. The van der Waals surface area contributed by atoms with E-state index in [2.05, 4.69) is 46.1 Å². The molecule has 0 heterocycles. The molecule has 1 aromatic rings. The third-order valence-corrected chi connectivity index (χ3v) is 2.78. The minimum atomic E-state index is 0.739. The molecule has 0 atom stereocenters. The van der Waals surface area contributed by atoms with Crippen molar-refractivity contribution in [3.05, 3.63) is 34.3 Å². The quantitative estimate of drug-likeness (QED) is 0.744. The maximum Gasteiger partial charge on any atom is 0.0235 e. The molecule has 0 aliphatic heterocycles.